The Morgan fingerprint density at radius 3 is 2.84 bits per heavy atom. The normalized spacial score (nSPS) is 22.4. The van der Waals surface area contributed by atoms with E-state index in [1.54, 1.807) is 23.0 Å². The Hall–Kier alpha value is -3.82. The smallest absolute Gasteiger partial charge is 0.335 e. The maximum Gasteiger partial charge on any atom is 0.335 e. The number of hydrogen-bond donors (Lipinski definition) is 2. The van der Waals surface area contributed by atoms with Gasteiger partial charge in [-0.25, -0.2) is 4.79 Å². The molecule has 11 nitrogen and oxygen atoms in total. The summed E-state index contributed by atoms with van der Waals surface area (Å²) in [7, 11) is 0. The molecule has 2 unspecified atom stereocenters. The van der Waals surface area contributed by atoms with Gasteiger partial charge < -0.3 is 24.7 Å². The summed E-state index contributed by atoms with van der Waals surface area (Å²) in [5.74, 6) is 1.08. The maximum atomic E-state index is 13.2. The first-order valence-electron chi connectivity index (χ1n) is 14.7. The van der Waals surface area contributed by atoms with Crippen molar-refractivity contribution in [2.45, 2.75) is 63.9 Å². The van der Waals surface area contributed by atoms with Gasteiger partial charge in [-0.3, -0.25) is 14.3 Å². The van der Waals surface area contributed by atoms with E-state index in [0.717, 1.165) is 24.4 Å². The van der Waals surface area contributed by atoms with Crippen LogP contribution in [-0.2, 0) is 19.8 Å². The molecule has 5 rings (SSSR count). The van der Waals surface area contributed by atoms with Gasteiger partial charge in [0.1, 0.15) is 5.39 Å². The standard InChI is InChI=1S/C31H38N6O5S/c1-19(2)17-41-30(40)25-7-9-31(10-11-32,18-42-25)37-24-8-12-33-28(38)26(24)27(35-37)34-22-5-6-23(20(3)15-22)29(39)36-13-14-43-21(4)16-36/h5-6,8,12,15,19,21,25H,7,9-10,13-14,16-18H2,1-4H3,(H,33,38)(H,34,35)/t21?,25?,31-/m0/s1. The van der Waals surface area contributed by atoms with Gasteiger partial charge in [0.2, 0.25) is 0 Å². The molecular weight excluding hydrogens is 568 g/mol. The molecule has 0 aliphatic carbocycles. The molecule has 2 fully saturated rings. The summed E-state index contributed by atoms with van der Waals surface area (Å²) in [5, 5.41) is 18.6. The second-order valence-corrected chi connectivity index (χ2v) is 13.4. The van der Waals surface area contributed by atoms with E-state index in [0.29, 0.717) is 52.7 Å². The second kappa shape index (κ2) is 12.8. The topological polar surface area (TPSA) is 142 Å². The number of H-pyrrole nitrogens is 1. The Balaban J connectivity index is 1.42. The first-order valence-corrected chi connectivity index (χ1v) is 15.7. The van der Waals surface area contributed by atoms with Crippen LogP contribution in [0.5, 0.6) is 0 Å². The van der Waals surface area contributed by atoms with Crippen molar-refractivity contribution < 1.29 is 19.1 Å². The molecule has 4 heterocycles. The molecule has 2 aliphatic heterocycles. The number of fused-ring (bicyclic) bond motifs is 1. The van der Waals surface area contributed by atoms with Crippen molar-refractivity contribution in [3.8, 4) is 6.07 Å². The minimum atomic E-state index is -0.883. The molecule has 2 saturated heterocycles. The number of hydrogen-bond acceptors (Lipinski definition) is 9. The third kappa shape index (κ3) is 6.43. The highest BCUT2D eigenvalue weighted by Gasteiger charge is 2.42. The second-order valence-electron chi connectivity index (χ2n) is 11.8. The highest BCUT2D eigenvalue weighted by atomic mass is 32.2. The number of pyridine rings is 1. The number of amides is 1. The van der Waals surface area contributed by atoms with Gasteiger partial charge in [-0.05, 0) is 55.5 Å². The van der Waals surface area contributed by atoms with Gasteiger partial charge in [0, 0.05) is 41.5 Å². The van der Waals surface area contributed by atoms with E-state index in [-0.39, 0.29) is 30.4 Å². The van der Waals surface area contributed by atoms with Crippen molar-refractivity contribution in [2.75, 3.05) is 37.4 Å². The average Bonchev–Trinajstić information content (AvgIpc) is 3.36. The van der Waals surface area contributed by atoms with Crippen LogP contribution in [-0.4, -0.2) is 75.0 Å². The number of nitriles is 1. The molecule has 1 aromatic carbocycles. The maximum absolute atomic E-state index is 13.2. The molecule has 2 aliphatic rings. The Labute approximate surface area is 254 Å². The predicted molar refractivity (Wildman–Crippen MR) is 166 cm³/mol. The number of esters is 1. The van der Waals surface area contributed by atoms with E-state index in [1.165, 1.54) is 0 Å². The highest BCUT2D eigenvalue weighted by molar-refractivity contribution is 7.99. The van der Waals surface area contributed by atoms with Crippen molar-refractivity contribution in [3.05, 3.63) is 51.9 Å². The van der Waals surface area contributed by atoms with Crippen LogP contribution in [0.15, 0.2) is 35.3 Å². The van der Waals surface area contributed by atoms with E-state index in [2.05, 4.69) is 23.3 Å². The molecule has 3 atom stereocenters. The van der Waals surface area contributed by atoms with Crippen molar-refractivity contribution >= 4 is 46.0 Å². The number of rotatable bonds is 8. The van der Waals surface area contributed by atoms with Crippen LogP contribution >= 0.6 is 11.8 Å². The first kappa shape index (κ1) is 30.6. The lowest BCUT2D eigenvalue weighted by Crippen LogP contribution is -2.47. The van der Waals surface area contributed by atoms with Crippen LogP contribution < -0.4 is 10.9 Å². The largest absolute Gasteiger partial charge is 0.463 e. The van der Waals surface area contributed by atoms with Gasteiger partial charge in [-0.15, -0.1) is 0 Å². The summed E-state index contributed by atoms with van der Waals surface area (Å²) in [6.45, 7) is 9.80. The number of aromatic nitrogens is 3. The number of ether oxygens (including phenoxy) is 2. The van der Waals surface area contributed by atoms with Crippen LogP contribution in [0, 0.1) is 24.2 Å². The number of aromatic amines is 1. The van der Waals surface area contributed by atoms with E-state index in [1.807, 2.05) is 49.6 Å². The van der Waals surface area contributed by atoms with Gasteiger partial charge >= 0.3 is 5.97 Å². The lowest BCUT2D eigenvalue weighted by molar-refractivity contribution is -0.166. The number of nitrogens with one attached hydrogen (secondary N) is 2. The van der Waals surface area contributed by atoms with Crippen molar-refractivity contribution in [3.63, 3.8) is 0 Å². The van der Waals surface area contributed by atoms with Crippen LogP contribution in [0.4, 0.5) is 11.5 Å². The number of carbonyl (C=O) groups excluding carboxylic acids is 2. The minimum absolute atomic E-state index is 0.0181. The van der Waals surface area contributed by atoms with Crippen LogP contribution in [0.3, 0.4) is 0 Å². The molecule has 228 valence electrons. The Kier molecular flexibility index (Phi) is 9.13. The fourth-order valence-electron chi connectivity index (χ4n) is 5.68. The Bertz CT molecular complexity index is 1600. The van der Waals surface area contributed by atoms with Crippen LogP contribution in [0.1, 0.15) is 56.0 Å². The van der Waals surface area contributed by atoms with E-state index < -0.39 is 17.6 Å². The Morgan fingerprint density at radius 1 is 1.35 bits per heavy atom. The predicted octanol–water partition coefficient (Wildman–Crippen LogP) is 4.34. The van der Waals surface area contributed by atoms with Gasteiger partial charge in [0.15, 0.2) is 11.9 Å². The Morgan fingerprint density at radius 2 is 2.16 bits per heavy atom. The minimum Gasteiger partial charge on any atom is -0.463 e. The zero-order chi connectivity index (χ0) is 30.7. The zero-order valence-electron chi connectivity index (χ0n) is 25.0. The van der Waals surface area contributed by atoms with Crippen LogP contribution in [0.25, 0.3) is 10.9 Å². The lowest BCUT2D eigenvalue weighted by atomic mass is 9.87. The van der Waals surface area contributed by atoms with Crippen molar-refractivity contribution in [2.24, 2.45) is 5.92 Å². The zero-order valence-corrected chi connectivity index (χ0v) is 25.8. The van der Waals surface area contributed by atoms with Crippen molar-refractivity contribution in [1.29, 1.82) is 5.26 Å². The molecule has 2 aromatic heterocycles. The number of thioether (sulfide) groups is 1. The lowest BCUT2D eigenvalue weighted by Gasteiger charge is -2.38. The fraction of sp³-hybridized carbons (Fsp3) is 0.516. The number of aryl methyl sites for hydroxylation is 1. The number of carbonyl (C=O) groups is 2. The molecule has 0 bridgehead atoms. The first-order chi connectivity index (χ1) is 20.6. The summed E-state index contributed by atoms with van der Waals surface area (Å²) in [6, 6.07) is 9.50. The van der Waals surface area contributed by atoms with E-state index in [9.17, 15) is 19.6 Å². The van der Waals surface area contributed by atoms with Gasteiger partial charge in [0.05, 0.1) is 36.8 Å². The summed E-state index contributed by atoms with van der Waals surface area (Å²) >= 11 is 1.88. The fourth-order valence-corrected chi connectivity index (χ4v) is 6.70. The van der Waals surface area contributed by atoms with E-state index >= 15 is 0 Å². The van der Waals surface area contributed by atoms with Crippen molar-refractivity contribution in [1.82, 2.24) is 19.7 Å². The average molecular weight is 607 g/mol. The van der Waals surface area contributed by atoms with Gasteiger partial charge in [0.25, 0.3) is 11.5 Å². The monoisotopic (exact) mass is 606 g/mol. The molecule has 2 N–H and O–H groups in total. The molecule has 0 spiro atoms. The molecule has 0 radical (unpaired) electrons. The molecule has 1 amide bonds. The third-order valence-electron chi connectivity index (χ3n) is 7.96. The molecule has 12 heteroatoms. The van der Waals surface area contributed by atoms with Gasteiger partial charge in [-0.2, -0.15) is 22.1 Å². The molecule has 43 heavy (non-hydrogen) atoms. The van der Waals surface area contributed by atoms with Crippen LogP contribution in [0.2, 0.25) is 0 Å². The quantitative estimate of drug-likeness (QED) is 0.358. The molecular formula is C31H38N6O5S. The molecule has 3 aromatic rings. The van der Waals surface area contributed by atoms with E-state index in [4.69, 9.17) is 14.6 Å². The summed E-state index contributed by atoms with van der Waals surface area (Å²) in [4.78, 5) is 43.5. The number of nitrogens with zero attached hydrogens (tertiary/aromatic N) is 4. The third-order valence-corrected chi connectivity index (χ3v) is 9.09. The van der Waals surface area contributed by atoms with Gasteiger partial charge in [-0.1, -0.05) is 20.8 Å². The number of anilines is 2. The SMILES string of the molecule is Cc1cc(Nc2nn([C@]3(CC#N)CCC(C(=O)OCC(C)C)OC3)c3cc[nH]c(=O)c23)ccc1C(=O)N1CCSC(C)C1. The summed E-state index contributed by atoms with van der Waals surface area (Å²) in [6.07, 6.45) is 1.70. The summed E-state index contributed by atoms with van der Waals surface area (Å²) in [5.41, 5.74) is 1.47. The molecule has 0 saturated carbocycles. The summed E-state index contributed by atoms with van der Waals surface area (Å²) < 4.78 is 13.0. The highest BCUT2D eigenvalue weighted by Crippen LogP contribution is 2.37. The number of benzene rings is 1.